The van der Waals surface area contributed by atoms with Crippen molar-refractivity contribution in [3.63, 3.8) is 0 Å². The highest BCUT2D eigenvalue weighted by molar-refractivity contribution is 5.98. The zero-order valence-electron chi connectivity index (χ0n) is 18.7. The van der Waals surface area contributed by atoms with Gasteiger partial charge in [-0.25, -0.2) is 9.59 Å². The van der Waals surface area contributed by atoms with Crippen LogP contribution in [-0.2, 0) is 9.53 Å². The van der Waals surface area contributed by atoms with E-state index in [1.54, 1.807) is 30.3 Å². The number of benzene rings is 4. The van der Waals surface area contributed by atoms with Gasteiger partial charge in [-0.1, -0.05) is 60.7 Å². The molecule has 0 unspecified atom stereocenters. The fraction of sp³-hybridized carbons (Fsp3) is 0.107. The SMILES string of the molecule is O=C(CNC(=O)OCC1c2ccccc2-c2ccccc21)Nc1ccc2cc(C(=O)O)ccc2c1. The lowest BCUT2D eigenvalue weighted by Crippen LogP contribution is -2.33. The lowest BCUT2D eigenvalue weighted by molar-refractivity contribution is -0.115. The van der Waals surface area contributed by atoms with Crippen molar-refractivity contribution in [3.8, 4) is 11.1 Å². The van der Waals surface area contributed by atoms with E-state index >= 15 is 0 Å². The van der Waals surface area contributed by atoms with Gasteiger partial charge in [0.1, 0.15) is 13.2 Å². The van der Waals surface area contributed by atoms with Crippen LogP contribution in [0.1, 0.15) is 27.4 Å². The summed E-state index contributed by atoms with van der Waals surface area (Å²) >= 11 is 0. The molecule has 1 aliphatic carbocycles. The molecule has 5 rings (SSSR count). The molecule has 7 nitrogen and oxygen atoms in total. The van der Waals surface area contributed by atoms with Crippen molar-refractivity contribution >= 4 is 34.4 Å². The monoisotopic (exact) mass is 466 g/mol. The molecule has 0 heterocycles. The number of aromatic carboxylic acids is 1. The van der Waals surface area contributed by atoms with Crippen LogP contribution in [-0.4, -0.2) is 36.2 Å². The van der Waals surface area contributed by atoms with E-state index in [1.807, 2.05) is 36.4 Å². The van der Waals surface area contributed by atoms with Crippen molar-refractivity contribution in [2.75, 3.05) is 18.5 Å². The number of alkyl carbamates (subject to hydrolysis) is 1. The second-order valence-corrected chi connectivity index (χ2v) is 8.31. The number of amides is 2. The summed E-state index contributed by atoms with van der Waals surface area (Å²) in [6.07, 6.45) is -0.665. The fourth-order valence-corrected chi connectivity index (χ4v) is 4.46. The first-order valence-electron chi connectivity index (χ1n) is 11.2. The minimum Gasteiger partial charge on any atom is -0.478 e. The van der Waals surface area contributed by atoms with E-state index < -0.39 is 18.0 Å². The van der Waals surface area contributed by atoms with Gasteiger partial charge in [0.25, 0.3) is 0 Å². The average molecular weight is 466 g/mol. The van der Waals surface area contributed by atoms with E-state index in [-0.39, 0.29) is 24.6 Å². The van der Waals surface area contributed by atoms with Crippen LogP contribution in [0.4, 0.5) is 10.5 Å². The van der Waals surface area contributed by atoms with Gasteiger partial charge in [-0.3, -0.25) is 4.79 Å². The summed E-state index contributed by atoms with van der Waals surface area (Å²) in [5.74, 6) is -1.45. The van der Waals surface area contributed by atoms with Gasteiger partial charge >= 0.3 is 12.1 Å². The molecule has 7 heteroatoms. The van der Waals surface area contributed by atoms with Gasteiger partial charge in [-0.2, -0.15) is 0 Å². The Morgan fingerprint density at radius 3 is 2.11 bits per heavy atom. The Balaban J connectivity index is 1.16. The summed E-state index contributed by atoms with van der Waals surface area (Å²) in [6.45, 7) is -0.0723. The molecular weight excluding hydrogens is 444 g/mol. The van der Waals surface area contributed by atoms with Gasteiger partial charge in [0.05, 0.1) is 5.56 Å². The molecule has 0 radical (unpaired) electrons. The largest absolute Gasteiger partial charge is 0.478 e. The molecule has 0 spiro atoms. The first-order valence-corrected chi connectivity index (χ1v) is 11.2. The third-order valence-corrected chi connectivity index (χ3v) is 6.11. The molecule has 0 aromatic heterocycles. The average Bonchev–Trinajstić information content (AvgIpc) is 3.19. The number of ether oxygens (including phenoxy) is 1. The fourth-order valence-electron chi connectivity index (χ4n) is 4.46. The van der Waals surface area contributed by atoms with E-state index in [2.05, 4.69) is 22.8 Å². The highest BCUT2D eigenvalue weighted by atomic mass is 16.5. The third kappa shape index (κ3) is 4.56. The number of carbonyl (C=O) groups excluding carboxylic acids is 2. The van der Waals surface area contributed by atoms with Crippen LogP contribution in [0.25, 0.3) is 21.9 Å². The van der Waals surface area contributed by atoms with Crippen molar-refractivity contribution in [3.05, 3.63) is 102 Å². The quantitative estimate of drug-likeness (QED) is 0.370. The molecule has 4 aromatic carbocycles. The molecular formula is C28H22N2O5. The minimum absolute atomic E-state index is 0.0544. The molecule has 0 saturated carbocycles. The minimum atomic E-state index is -0.997. The maximum Gasteiger partial charge on any atom is 0.407 e. The van der Waals surface area contributed by atoms with Crippen LogP contribution < -0.4 is 10.6 Å². The zero-order chi connectivity index (χ0) is 24.4. The molecule has 2 amide bonds. The number of anilines is 1. The number of carboxylic acids is 1. The molecule has 0 bridgehead atoms. The topological polar surface area (TPSA) is 105 Å². The normalized spacial score (nSPS) is 12.0. The van der Waals surface area contributed by atoms with Gasteiger partial charge in [0, 0.05) is 11.6 Å². The lowest BCUT2D eigenvalue weighted by Gasteiger charge is -2.14. The molecule has 174 valence electrons. The van der Waals surface area contributed by atoms with Crippen molar-refractivity contribution in [2.45, 2.75) is 5.92 Å². The highest BCUT2D eigenvalue weighted by Crippen LogP contribution is 2.44. The molecule has 4 aromatic rings. The van der Waals surface area contributed by atoms with E-state index in [0.29, 0.717) is 5.69 Å². The number of hydrogen-bond acceptors (Lipinski definition) is 4. The van der Waals surface area contributed by atoms with E-state index in [4.69, 9.17) is 9.84 Å². The van der Waals surface area contributed by atoms with Crippen molar-refractivity contribution in [2.24, 2.45) is 0 Å². The Bertz CT molecular complexity index is 1420. The Hall–Kier alpha value is -4.65. The van der Waals surface area contributed by atoms with Crippen LogP contribution in [0.15, 0.2) is 84.9 Å². The molecule has 0 aliphatic heterocycles. The molecule has 0 atom stereocenters. The maximum absolute atomic E-state index is 12.3. The number of nitrogens with one attached hydrogen (secondary N) is 2. The lowest BCUT2D eigenvalue weighted by atomic mass is 9.98. The Labute approximate surface area is 201 Å². The summed E-state index contributed by atoms with van der Waals surface area (Å²) in [5.41, 5.74) is 5.26. The first kappa shape index (κ1) is 22.2. The molecule has 0 saturated heterocycles. The highest BCUT2D eigenvalue weighted by Gasteiger charge is 2.29. The van der Waals surface area contributed by atoms with Crippen LogP contribution in [0.2, 0.25) is 0 Å². The Kier molecular flexibility index (Phi) is 5.89. The number of rotatable bonds is 6. The van der Waals surface area contributed by atoms with E-state index in [1.165, 1.54) is 6.07 Å². The summed E-state index contributed by atoms with van der Waals surface area (Å²) < 4.78 is 5.45. The van der Waals surface area contributed by atoms with Crippen LogP contribution in [0.3, 0.4) is 0 Å². The zero-order valence-corrected chi connectivity index (χ0v) is 18.7. The summed E-state index contributed by atoms with van der Waals surface area (Å²) in [7, 11) is 0. The second-order valence-electron chi connectivity index (χ2n) is 8.31. The molecule has 1 aliphatic rings. The standard InChI is InChI=1S/C28H22N2O5/c31-26(30-20-12-11-17-13-19(27(32)33)10-9-18(17)14-20)15-29-28(34)35-16-25-23-7-3-1-5-21(23)22-6-2-4-8-24(22)25/h1-14,25H,15-16H2,(H,29,34)(H,30,31)(H,32,33). The summed E-state index contributed by atoms with van der Waals surface area (Å²) in [6, 6.07) is 26.1. The predicted octanol–water partition coefficient (Wildman–Crippen LogP) is 5.02. The Morgan fingerprint density at radius 1 is 0.800 bits per heavy atom. The molecule has 35 heavy (non-hydrogen) atoms. The molecule has 0 fully saturated rings. The van der Waals surface area contributed by atoms with Gasteiger partial charge in [0.2, 0.25) is 5.91 Å². The Morgan fingerprint density at radius 2 is 1.43 bits per heavy atom. The first-order chi connectivity index (χ1) is 17.0. The van der Waals surface area contributed by atoms with Crippen LogP contribution in [0, 0.1) is 0 Å². The van der Waals surface area contributed by atoms with E-state index in [0.717, 1.165) is 33.0 Å². The second kappa shape index (κ2) is 9.30. The number of carbonyl (C=O) groups is 3. The summed E-state index contributed by atoms with van der Waals surface area (Å²) in [5, 5.41) is 15.9. The van der Waals surface area contributed by atoms with Crippen molar-refractivity contribution < 1.29 is 24.2 Å². The molecule has 3 N–H and O–H groups in total. The predicted molar refractivity (Wildman–Crippen MR) is 133 cm³/mol. The third-order valence-electron chi connectivity index (χ3n) is 6.11. The number of fused-ring (bicyclic) bond motifs is 4. The van der Waals surface area contributed by atoms with Gasteiger partial charge < -0.3 is 20.5 Å². The maximum atomic E-state index is 12.3. The van der Waals surface area contributed by atoms with E-state index in [9.17, 15) is 14.4 Å². The van der Waals surface area contributed by atoms with Crippen LogP contribution in [0.5, 0.6) is 0 Å². The van der Waals surface area contributed by atoms with Crippen molar-refractivity contribution in [1.82, 2.24) is 5.32 Å². The van der Waals surface area contributed by atoms with Gasteiger partial charge in [-0.15, -0.1) is 0 Å². The van der Waals surface area contributed by atoms with Gasteiger partial charge in [0.15, 0.2) is 0 Å². The van der Waals surface area contributed by atoms with Gasteiger partial charge in [-0.05, 0) is 57.3 Å². The summed E-state index contributed by atoms with van der Waals surface area (Å²) in [4.78, 5) is 35.7. The van der Waals surface area contributed by atoms with Crippen LogP contribution >= 0.6 is 0 Å². The number of hydrogen-bond donors (Lipinski definition) is 3. The smallest absolute Gasteiger partial charge is 0.407 e. The number of carboxylic acid groups (broad SMARTS) is 1. The van der Waals surface area contributed by atoms with Crippen molar-refractivity contribution in [1.29, 1.82) is 0 Å².